The van der Waals surface area contributed by atoms with Crippen LogP contribution in [0.25, 0.3) is 0 Å². The summed E-state index contributed by atoms with van der Waals surface area (Å²) in [4.78, 5) is 11.4. The smallest absolute Gasteiger partial charge is 0.174 e. The van der Waals surface area contributed by atoms with Crippen LogP contribution in [0.2, 0.25) is 0 Å². The van der Waals surface area contributed by atoms with E-state index in [-0.39, 0.29) is 12.1 Å². The SMILES string of the molecule is Cc1ccc(N2C(=S)N[C@H](c3ccccn3)[C@@H]2c2cccn2Cc2ccccn2)cc1. The minimum atomic E-state index is -0.0626. The Bertz CT molecular complexity index is 1170. The van der Waals surface area contributed by atoms with E-state index < -0.39 is 0 Å². The molecule has 0 aliphatic carbocycles. The lowest BCUT2D eigenvalue weighted by Gasteiger charge is -2.29. The zero-order valence-electron chi connectivity index (χ0n) is 17.2. The lowest BCUT2D eigenvalue weighted by atomic mass is 10.0. The van der Waals surface area contributed by atoms with E-state index in [9.17, 15) is 0 Å². The number of aryl methyl sites for hydroxylation is 1. The Morgan fingerprint density at radius 1 is 0.903 bits per heavy atom. The quantitative estimate of drug-likeness (QED) is 0.465. The molecule has 1 aromatic carbocycles. The summed E-state index contributed by atoms with van der Waals surface area (Å²) in [6, 6.07) is 24.7. The molecule has 0 bridgehead atoms. The van der Waals surface area contributed by atoms with Crippen molar-refractivity contribution < 1.29 is 0 Å². The van der Waals surface area contributed by atoms with Crippen LogP contribution in [0, 0.1) is 6.92 Å². The average molecular weight is 426 g/mol. The first-order valence-corrected chi connectivity index (χ1v) is 10.7. The van der Waals surface area contributed by atoms with E-state index in [1.54, 1.807) is 0 Å². The molecule has 0 radical (unpaired) electrons. The van der Waals surface area contributed by atoms with E-state index in [0.29, 0.717) is 11.7 Å². The molecule has 31 heavy (non-hydrogen) atoms. The Kier molecular flexibility index (Phi) is 5.22. The summed E-state index contributed by atoms with van der Waals surface area (Å²) < 4.78 is 2.25. The van der Waals surface area contributed by atoms with Gasteiger partial charge < -0.3 is 14.8 Å². The second kappa shape index (κ2) is 8.32. The van der Waals surface area contributed by atoms with E-state index in [2.05, 4.69) is 86.4 Å². The molecule has 1 saturated heterocycles. The van der Waals surface area contributed by atoms with Gasteiger partial charge in [-0.05, 0) is 67.7 Å². The van der Waals surface area contributed by atoms with Gasteiger partial charge in [-0.15, -0.1) is 0 Å². The van der Waals surface area contributed by atoms with E-state index in [4.69, 9.17) is 12.2 Å². The largest absolute Gasteiger partial charge is 0.351 e. The first-order valence-electron chi connectivity index (χ1n) is 10.3. The Morgan fingerprint density at radius 3 is 2.39 bits per heavy atom. The van der Waals surface area contributed by atoms with E-state index in [1.165, 1.54) is 5.56 Å². The molecular weight excluding hydrogens is 402 g/mol. The number of pyridine rings is 2. The summed E-state index contributed by atoms with van der Waals surface area (Å²) >= 11 is 5.82. The number of benzene rings is 1. The fourth-order valence-corrected chi connectivity index (χ4v) is 4.49. The fourth-order valence-electron chi connectivity index (χ4n) is 4.14. The first-order chi connectivity index (χ1) is 15.2. The van der Waals surface area contributed by atoms with Gasteiger partial charge in [-0.3, -0.25) is 9.97 Å². The van der Waals surface area contributed by atoms with E-state index in [1.807, 2.05) is 36.7 Å². The summed E-state index contributed by atoms with van der Waals surface area (Å²) in [6.07, 6.45) is 5.77. The van der Waals surface area contributed by atoms with Gasteiger partial charge in [0.1, 0.15) is 6.04 Å². The second-order valence-corrected chi connectivity index (χ2v) is 8.10. The Labute approximate surface area is 187 Å². The molecule has 0 amide bonds. The number of hydrogen-bond donors (Lipinski definition) is 1. The molecule has 5 rings (SSSR count). The fraction of sp³-hybridized carbons (Fsp3) is 0.160. The molecular formula is C25H23N5S. The molecule has 5 nitrogen and oxygen atoms in total. The highest BCUT2D eigenvalue weighted by atomic mass is 32.1. The lowest BCUT2D eigenvalue weighted by Crippen LogP contribution is -2.30. The van der Waals surface area contributed by atoms with Crippen LogP contribution in [0.15, 0.2) is 91.4 Å². The number of nitrogens with zero attached hydrogens (tertiary/aromatic N) is 4. The van der Waals surface area contributed by atoms with Gasteiger partial charge in [-0.1, -0.05) is 29.8 Å². The standard InChI is InChI=1S/C25H23N5S/c1-18-10-12-20(13-11-18)30-24(23(28-25(30)31)21-8-3-5-15-27-21)22-9-6-16-29(22)17-19-7-2-4-14-26-19/h2-16,23-24H,17H2,1H3,(H,28,31)/t23-,24+/m1/s1. The van der Waals surface area contributed by atoms with Crippen molar-refractivity contribution >= 4 is 23.0 Å². The number of anilines is 1. The Hall–Kier alpha value is -3.51. The van der Waals surface area contributed by atoms with Crippen molar-refractivity contribution in [2.45, 2.75) is 25.6 Å². The molecule has 0 spiro atoms. The molecule has 4 aromatic rings. The number of thiocarbonyl (C=S) groups is 1. The number of nitrogens with one attached hydrogen (secondary N) is 1. The lowest BCUT2D eigenvalue weighted by molar-refractivity contribution is 0.532. The van der Waals surface area contributed by atoms with Gasteiger partial charge in [0.15, 0.2) is 5.11 Å². The van der Waals surface area contributed by atoms with Crippen molar-refractivity contribution in [2.24, 2.45) is 0 Å². The topological polar surface area (TPSA) is 46.0 Å². The number of aromatic nitrogens is 3. The van der Waals surface area contributed by atoms with Crippen LogP contribution < -0.4 is 10.2 Å². The highest BCUT2D eigenvalue weighted by molar-refractivity contribution is 7.80. The van der Waals surface area contributed by atoms with Crippen LogP contribution in [0.3, 0.4) is 0 Å². The van der Waals surface area contributed by atoms with Crippen LogP contribution in [-0.4, -0.2) is 19.6 Å². The molecule has 1 N–H and O–H groups in total. The van der Waals surface area contributed by atoms with Crippen LogP contribution in [-0.2, 0) is 6.54 Å². The van der Waals surface area contributed by atoms with Crippen molar-refractivity contribution in [2.75, 3.05) is 4.90 Å². The molecule has 2 atom stereocenters. The maximum atomic E-state index is 5.82. The van der Waals surface area contributed by atoms with E-state index >= 15 is 0 Å². The molecule has 1 fully saturated rings. The molecule has 1 aliphatic heterocycles. The Morgan fingerprint density at radius 2 is 1.68 bits per heavy atom. The van der Waals surface area contributed by atoms with Crippen LogP contribution in [0.4, 0.5) is 5.69 Å². The highest BCUT2D eigenvalue weighted by Crippen LogP contribution is 2.41. The number of hydrogen-bond acceptors (Lipinski definition) is 3. The van der Waals surface area contributed by atoms with E-state index in [0.717, 1.165) is 22.8 Å². The summed E-state index contributed by atoms with van der Waals surface area (Å²) in [5.41, 5.74) is 5.43. The van der Waals surface area contributed by atoms with Crippen LogP contribution >= 0.6 is 12.2 Å². The monoisotopic (exact) mass is 425 g/mol. The molecule has 4 heterocycles. The predicted octanol–water partition coefficient (Wildman–Crippen LogP) is 4.81. The third kappa shape index (κ3) is 3.82. The third-order valence-corrected chi connectivity index (χ3v) is 5.95. The molecule has 0 unspecified atom stereocenters. The second-order valence-electron chi connectivity index (χ2n) is 7.71. The van der Waals surface area contributed by atoms with Gasteiger partial charge in [-0.25, -0.2) is 0 Å². The predicted molar refractivity (Wildman–Crippen MR) is 127 cm³/mol. The molecule has 3 aromatic heterocycles. The minimum absolute atomic E-state index is 0.0381. The molecule has 154 valence electrons. The number of rotatable bonds is 5. The van der Waals surface area contributed by atoms with Gasteiger partial charge >= 0.3 is 0 Å². The summed E-state index contributed by atoms with van der Waals surface area (Å²) in [6.45, 7) is 2.79. The van der Waals surface area contributed by atoms with Gasteiger partial charge in [-0.2, -0.15) is 0 Å². The zero-order valence-corrected chi connectivity index (χ0v) is 18.0. The first kappa shape index (κ1) is 19.5. The molecule has 1 aliphatic rings. The summed E-state index contributed by atoms with van der Waals surface area (Å²) in [5, 5.41) is 4.23. The maximum Gasteiger partial charge on any atom is 0.174 e. The average Bonchev–Trinajstić information content (AvgIpc) is 3.39. The van der Waals surface area contributed by atoms with Gasteiger partial charge in [0.2, 0.25) is 0 Å². The van der Waals surface area contributed by atoms with Gasteiger partial charge in [0.05, 0.1) is 24.0 Å². The van der Waals surface area contributed by atoms with Crippen molar-refractivity contribution in [3.8, 4) is 0 Å². The highest BCUT2D eigenvalue weighted by Gasteiger charge is 2.41. The summed E-state index contributed by atoms with van der Waals surface area (Å²) in [5.74, 6) is 0. The maximum absolute atomic E-state index is 5.82. The summed E-state index contributed by atoms with van der Waals surface area (Å²) in [7, 11) is 0. The van der Waals surface area contributed by atoms with Gasteiger partial charge in [0.25, 0.3) is 0 Å². The molecule has 0 saturated carbocycles. The third-order valence-electron chi connectivity index (χ3n) is 5.64. The van der Waals surface area contributed by atoms with Crippen molar-refractivity contribution in [3.05, 3.63) is 114 Å². The van der Waals surface area contributed by atoms with Crippen LogP contribution in [0.5, 0.6) is 0 Å². The van der Waals surface area contributed by atoms with Crippen molar-refractivity contribution in [1.29, 1.82) is 0 Å². The van der Waals surface area contributed by atoms with Gasteiger partial charge in [0, 0.05) is 30.0 Å². The van der Waals surface area contributed by atoms with Crippen molar-refractivity contribution in [1.82, 2.24) is 19.9 Å². The normalized spacial score (nSPS) is 18.2. The van der Waals surface area contributed by atoms with Crippen molar-refractivity contribution in [3.63, 3.8) is 0 Å². The zero-order chi connectivity index (χ0) is 21.2. The minimum Gasteiger partial charge on any atom is -0.351 e. The van der Waals surface area contributed by atoms with Crippen LogP contribution in [0.1, 0.15) is 34.7 Å². The molecule has 6 heteroatoms. The Balaban J connectivity index is 1.60.